The highest BCUT2D eigenvalue weighted by Crippen LogP contribution is 2.18. The highest BCUT2D eigenvalue weighted by Gasteiger charge is 2.23. The number of hydrogen-bond donors (Lipinski definition) is 1. The Morgan fingerprint density at radius 2 is 2.32 bits per heavy atom. The minimum absolute atomic E-state index is 0.0900. The third-order valence-electron chi connectivity index (χ3n) is 2.80. The number of pyridine rings is 1. The van der Waals surface area contributed by atoms with Crippen LogP contribution in [0.5, 0.6) is 0 Å². The molecule has 1 aromatic rings. The molecule has 0 aromatic carbocycles. The van der Waals surface area contributed by atoms with Gasteiger partial charge in [-0.05, 0) is 30.5 Å². The van der Waals surface area contributed by atoms with E-state index in [1.165, 1.54) is 11.0 Å². The Kier molecular flexibility index (Phi) is 4.28. The van der Waals surface area contributed by atoms with Gasteiger partial charge in [-0.2, -0.15) is 0 Å². The molecular formula is C14H17N3O2. The van der Waals surface area contributed by atoms with Crippen molar-refractivity contribution in [2.45, 2.75) is 18.9 Å². The van der Waals surface area contributed by atoms with E-state index in [9.17, 15) is 9.59 Å². The third kappa shape index (κ3) is 4.54. The van der Waals surface area contributed by atoms with Gasteiger partial charge in [0.25, 0.3) is 0 Å². The molecule has 1 N–H and O–H groups in total. The van der Waals surface area contributed by atoms with Crippen molar-refractivity contribution in [2.75, 3.05) is 13.6 Å². The van der Waals surface area contributed by atoms with Crippen LogP contribution in [0.1, 0.15) is 18.4 Å². The number of likely N-dealkylation sites (N-methyl/N-ethyl adjacent to an activating group) is 1. The van der Waals surface area contributed by atoms with Gasteiger partial charge in [0.15, 0.2) is 0 Å². The summed E-state index contributed by atoms with van der Waals surface area (Å²) in [5.41, 5.74) is 0.853. The van der Waals surface area contributed by atoms with Crippen molar-refractivity contribution >= 4 is 17.9 Å². The van der Waals surface area contributed by atoms with Crippen molar-refractivity contribution in [3.8, 4) is 0 Å². The highest BCUT2D eigenvalue weighted by molar-refractivity contribution is 5.94. The second-order valence-corrected chi connectivity index (χ2v) is 4.66. The maximum absolute atomic E-state index is 11.8. The Bertz CT molecular complexity index is 481. The van der Waals surface area contributed by atoms with Gasteiger partial charge >= 0.3 is 0 Å². The van der Waals surface area contributed by atoms with Crippen LogP contribution in [-0.2, 0) is 9.59 Å². The maximum atomic E-state index is 11.8. The molecule has 5 heteroatoms. The van der Waals surface area contributed by atoms with Crippen LogP contribution in [0.4, 0.5) is 0 Å². The van der Waals surface area contributed by atoms with Crippen molar-refractivity contribution in [3.63, 3.8) is 0 Å². The lowest BCUT2D eigenvalue weighted by Crippen LogP contribution is -2.38. The smallest absolute Gasteiger partial charge is 0.246 e. The first kappa shape index (κ1) is 13.3. The van der Waals surface area contributed by atoms with Gasteiger partial charge in [-0.1, -0.05) is 6.07 Å². The predicted octanol–water partition coefficient (Wildman–Crippen LogP) is 0.832. The zero-order valence-corrected chi connectivity index (χ0v) is 10.9. The van der Waals surface area contributed by atoms with Crippen molar-refractivity contribution in [3.05, 3.63) is 36.2 Å². The molecule has 1 aliphatic carbocycles. The van der Waals surface area contributed by atoms with Crippen LogP contribution >= 0.6 is 0 Å². The number of carbonyl (C=O) groups is 2. The predicted molar refractivity (Wildman–Crippen MR) is 72.1 cm³/mol. The summed E-state index contributed by atoms with van der Waals surface area (Å²) >= 11 is 0. The molecule has 0 saturated heterocycles. The van der Waals surface area contributed by atoms with Crippen LogP contribution < -0.4 is 5.32 Å². The Morgan fingerprint density at radius 3 is 2.95 bits per heavy atom. The van der Waals surface area contributed by atoms with E-state index in [4.69, 9.17) is 0 Å². The maximum Gasteiger partial charge on any atom is 0.246 e. The van der Waals surface area contributed by atoms with Gasteiger partial charge in [0.2, 0.25) is 11.8 Å². The second-order valence-electron chi connectivity index (χ2n) is 4.66. The highest BCUT2D eigenvalue weighted by atomic mass is 16.2. The SMILES string of the molecule is CN(CC(=O)NC1CC1)C(=O)/C=C/c1cccnc1. The molecule has 1 aromatic heterocycles. The van der Waals surface area contributed by atoms with Crippen molar-refractivity contribution < 1.29 is 9.59 Å². The van der Waals surface area contributed by atoms with Gasteiger partial charge in [-0.25, -0.2) is 0 Å². The topological polar surface area (TPSA) is 62.3 Å². The zero-order valence-electron chi connectivity index (χ0n) is 10.9. The van der Waals surface area contributed by atoms with E-state index in [-0.39, 0.29) is 18.4 Å². The standard InChI is InChI=1S/C14H17N3O2/c1-17(10-13(18)16-12-5-6-12)14(19)7-4-11-3-2-8-15-9-11/h2-4,7-9,12H,5-6,10H2,1H3,(H,16,18)/b7-4+. The van der Waals surface area contributed by atoms with Gasteiger partial charge in [0.05, 0.1) is 6.54 Å². The monoisotopic (exact) mass is 259 g/mol. The number of hydrogen-bond acceptors (Lipinski definition) is 3. The number of rotatable bonds is 5. The average Bonchev–Trinajstić information content (AvgIpc) is 3.20. The molecular weight excluding hydrogens is 242 g/mol. The van der Waals surface area contributed by atoms with Gasteiger partial charge in [0.1, 0.15) is 0 Å². The zero-order chi connectivity index (χ0) is 13.7. The summed E-state index contributed by atoms with van der Waals surface area (Å²) in [7, 11) is 1.61. The van der Waals surface area contributed by atoms with E-state index in [1.807, 2.05) is 6.07 Å². The normalized spacial score (nSPS) is 14.4. The van der Waals surface area contributed by atoms with Crippen LogP contribution in [-0.4, -0.2) is 41.3 Å². The fourth-order valence-electron chi connectivity index (χ4n) is 1.56. The second kappa shape index (κ2) is 6.13. The summed E-state index contributed by atoms with van der Waals surface area (Å²) in [4.78, 5) is 28.7. The van der Waals surface area contributed by atoms with E-state index in [2.05, 4.69) is 10.3 Å². The minimum Gasteiger partial charge on any atom is -0.352 e. The molecule has 100 valence electrons. The van der Waals surface area contributed by atoms with Crippen molar-refractivity contribution in [1.82, 2.24) is 15.2 Å². The molecule has 0 unspecified atom stereocenters. The van der Waals surface area contributed by atoms with Crippen LogP contribution in [0.25, 0.3) is 6.08 Å². The number of nitrogens with zero attached hydrogens (tertiary/aromatic N) is 2. The summed E-state index contributed by atoms with van der Waals surface area (Å²) in [6.45, 7) is 0.0900. The Hall–Kier alpha value is -2.17. The summed E-state index contributed by atoms with van der Waals surface area (Å²) in [6, 6.07) is 3.98. The van der Waals surface area contributed by atoms with Gasteiger partial charge in [-0.15, -0.1) is 0 Å². The van der Waals surface area contributed by atoms with Crippen molar-refractivity contribution in [1.29, 1.82) is 0 Å². The van der Waals surface area contributed by atoms with Crippen LogP contribution in [0.2, 0.25) is 0 Å². The molecule has 0 radical (unpaired) electrons. The molecule has 2 rings (SSSR count). The molecule has 0 aliphatic heterocycles. The summed E-state index contributed by atoms with van der Waals surface area (Å²) in [5, 5.41) is 2.85. The summed E-state index contributed by atoms with van der Waals surface area (Å²) in [5.74, 6) is -0.303. The molecule has 5 nitrogen and oxygen atoms in total. The number of amides is 2. The Labute approximate surface area is 112 Å². The number of carbonyl (C=O) groups excluding carboxylic acids is 2. The fourth-order valence-corrected chi connectivity index (χ4v) is 1.56. The van der Waals surface area contributed by atoms with E-state index in [0.29, 0.717) is 6.04 Å². The lowest BCUT2D eigenvalue weighted by molar-refractivity contribution is -0.131. The third-order valence-corrected chi connectivity index (χ3v) is 2.80. The van der Waals surface area contributed by atoms with E-state index >= 15 is 0 Å². The van der Waals surface area contributed by atoms with E-state index in [0.717, 1.165) is 18.4 Å². The first-order valence-corrected chi connectivity index (χ1v) is 6.28. The van der Waals surface area contributed by atoms with Crippen molar-refractivity contribution in [2.24, 2.45) is 0 Å². The fraction of sp³-hybridized carbons (Fsp3) is 0.357. The van der Waals surface area contributed by atoms with Gasteiger partial charge in [-0.3, -0.25) is 14.6 Å². The number of nitrogens with one attached hydrogen (secondary N) is 1. The van der Waals surface area contributed by atoms with E-state index in [1.54, 1.807) is 31.6 Å². The first-order chi connectivity index (χ1) is 9.15. The molecule has 1 saturated carbocycles. The Balaban J connectivity index is 1.81. The summed E-state index contributed by atoms with van der Waals surface area (Å²) < 4.78 is 0. The molecule has 2 amide bonds. The number of aromatic nitrogens is 1. The van der Waals surface area contributed by atoms with Crippen LogP contribution in [0.3, 0.4) is 0 Å². The van der Waals surface area contributed by atoms with Crippen LogP contribution in [0.15, 0.2) is 30.6 Å². The molecule has 1 fully saturated rings. The molecule has 0 atom stereocenters. The van der Waals surface area contributed by atoms with Gasteiger partial charge < -0.3 is 10.2 Å². The molecule has 19 heavy (non-hydrogen) atoms. The quantitative estimate of drug-likeness (QED) is 0.797. The average molecular weight is 259 g/mol. The first-order valence-electron chi connectivity index (χ1n) is 6.28. The largest absolute Gasteiger partial charge is 0.352 e. The minimum atomic E-state index is -0.199. The lowest BCUT2D eigenvalue weighted by atomic mass is 10.2. The lowest BCUT2D eigenvalue weighted by Gasteiger charge is -2.14. The van der Waals surface area contributed by atoms with Gasteiger partial charge in [0, 0.05) is 31.6 Å². The van der Waals surface area contributed by atoms with E-state index < -0.39 is 0 Å². The summed E-state index contributed by atoms with van der Waals surface area (Å²) in [6.07, 6.45) is 8.57. The molecule has 0 spiro atoms. The molecule has 1 aliphatic rings. The molecule has 1 heterocycles. The Morgan fingerprint density at radius 1 is 1.53 bits per heavy atom. The van der Waals surface area contributed by atoms with Crippen LogP contribution in [0, 0.1) is 0 Å². The molecule has 0 bridgehead atoms.